The van der Waals surface area contributed by atoms with Crippen LogP contribution in [-0.2, 0) is 4.79 Å². The number of aromatic amines is 1. The molecule has 0 aromatic carbocycles. The van der Waals surface area contributed by atoms with E-state index < -0.39 is 0 Å². The van der Waals surface area contributed by atoms with Crippen LogP contribution in [-0.4, -0.2) is 53.5 Å². The van der Waals surface area contributed by atoms with Gasteiger partial charge < -0.3 is 20.3 Å². The Morgan fingerprint density at radius 1 is 1.62 bits per heavy atom. The molecule has 6 heteroatoms. The zero-order valence-corrected chi connectivity index (χ0v) is 12.8. The van der Waals surface area contributed by atoms with E-state index in [1.807, 2.05) is 19.2 Å². The number of amides is 1. The van der Waals surface area contributed by atoms with Crippen LogP contribution in [0.3, 0.4) is 0 Å². The molecule has 2 rings (SSSR count). The van der Waals surface area contributed by atoms with Crippen LogP contribution in [0.2, 0.25) is 0 Å². The van der Waals surface area contributed by atoms with E-state index >= 15 is 0 Å². The van der Waals surface area contributed by atoms with Crippen LogP contribution >= 0.6 is 0 Å². The maximum absolute atomic E-state index is 11.9. The normalized spacial score (nSPS) is 17.9. The predicted molar refractivity (Wildman–Crippen MR) is 81.4 cm³/mol. The van der Waals surface area contributed by atoms with Crippen molar-refractivity contribution in [1.29, 1.82) is 0 Å². The summed E-state index contributed by atoms with van der Waals surface area (Å²) >= 11 is 0. The molecule has 0 saturated carbocycles. The lowest BCUT2D eigenvalue weighted by Gasteiger charge is -2.15. The quantitative estimate of drug-likeness (QED) is 0.718. The number of H-pyrrole nitrogens is 1. The lowest BCUT2D eigenvalue weighted by molar-refractivity contribution is -0.122. The first-order chi connectivity index (χ1) is 10.1. The van der Waals surface area contributed by atoms with Crippen LogP contribution in [0.1, 0.15) is 35.8 Å². The Morgan fingerprint density at radius 3 is 2.90 bits per heavy atom. The number of hydrogen-bond donors (Lipinski definition) is 3. The van der Waals surface area contributed by atoms with Crippen molar-refractivity contribution >= 4 is 12.4 Å². The second kappa shape index (κ2) is 9.18. The molecule has 1 aromatic rings. The lowest BCUT2D eigenvalue weighted by Crippen LogP contribution is -2.31. The third-order valence-electron chi connectivity index (χ3n) is 3.66. The smallest absolute Gasteiger partial charge is 0.290 e. The van der Waals surface area contributed by atoms with Gasteiger partial charge in [-0.2, -0.15) is 0 Å². The van der Waals surface area contributed by atoms with Crippen molar-refractivity contribution in [2.24, 2.45) is 5.92 Å². The predicted octanol–water partition coefficient (Wildman–Crippen LogP) is 1.49. The van der Waals surface area contributed by atoms with E-state index in [4.69, 9.17) is 9.90 Å². The van der Waals surface area contributed by atoms with Crippen LogP contribution in [0.15, 0.2) is 12.3 Å². The summed E-state index contributed by atoms with van der Waals surface area (Å²) in [4.78, 5) is 25.8. The molecule has 2 heterocycles. The number of carboxylic acid groups (broad SMARTS) is 1. The van der Waals surface area contributed by atoms with Gasteiger partial charge in [-0.15, -0.1) is 0 Å². The molecular formula is C15H25N3O3. The summed E-state index contributed by atoms with van der Waals surface area (Å²) in [5.41, 5.74) is 1.70. The number of likely N-dealkylation sites (tertiary alicyclic amines) is 1. The molecule has 0 spiro atoms. The highest BCUT2D eigenvalue weighted by Gasteiger charge is 2.22. The zero-order chi connectivity index (χ0) is 15.7. The first-order valence-electron chi connectivity index (χ1n) is 7.34. The van der Waals surface area contributed by atoms with Crippen LogP contribution in [0, 0.1) is 12.8 Å². The van der Waals surface area contributed by atoms with E-state index in [2.05, 4.69) is 22.1 Å². The van der Waals surface area contributed by atoms with Gasteiger partial charge in [0.05, 0.1) is 5.56 Å². The monoisotopic (exact) mass is 295 g/mol. The van der Waals surface area contributed by atoms with Gasteiger partial charge in [-0.25, -0.2) is 0 Å². The highest BCUT2D eigenvalue weighted by molar-refractivity contribution is 5.95. The number of nitrogens with one attached hydrogen (secondary N) is 2. The summed E-state index contributed by atoms with van der Waals surface area (Å²) in [5, 5.41) is 9.93. The maximum Gasteiger partial charge on any atom is 0.290 e. The van der Waals surface area contributed by atoms with E-state index in [1.165, 1.54) is 25.9 Å². The van der Waals surface area contributed by atoms with Crippen LogP contribution < -0.4 is 5.32 Å². The molecule has 1 aromatic heterocycles. The van der Waals surface area contributed by atoms with Crippen molar-refractivity contribution in [3.63, 3.8) is 0 Å². The second-order valence-electron chi connectivity index (χ2n) is 5.29. The van der Waals surface area contributed by atoms with Crippen LogP contribution in [0.25, 0.3) is 0 Å². The molecule has 1 aliphatic heterocycles. The fourth-order valence-electron chi connectivity index (χ4n) is 2.63. The molecule has 3 N–H and O–H groups in total. The number of hydrogen-bond acceptors (Lipinski definition) is 3. The average molecular weight is 295 g/mol. The van der Waals surface area contributed by atoms with Crippen molar-refractivity contribution in [1.82, 2.24) is 15.2 Å². The van der Waals surface area contributed by atoms with Crippen molar-refractivity contribution in [3.05, 3.63) is 23.5 Å². The molecule has 0 radical (unpaired) electrons. The third kappa shape index (κ3) is 5.59. The van der Waals surface area contributed by atoms with E-state index in [1.54, 1.807) is 0 Å². The molecule has 6 nitrogen and oxygen atoms in total. The topological polar surface area (TPSA) is 85.4 Å². The van der Waals surface area contributed by atoms with Gasteiger partial charge in [-0.1, -0.05) is 6.92 Å². The van der Waals surface area contributed by atoms with Gasteiger partial charge in [0.25, 0.3) is 12.4 Å². The van der Waals surface area contributed by atoms with Gasteiger partial charge in [-0.05, 0) is 44.8 Å². The Bertz CT molecular complexity index is 445. The molecule has 0 bridgehead atoms. The number of aryl methyl sites for hydroxylation is 1. The molecular weight excluding hydrogens is 270 g/mol. The Labute approximate surface area is 125 Å². The third-order valence-corrected chi connectivity index (χ3v) is 3.66. The summed E-state index contributed by atoms with van der Waals surface area (Å²) in [7, 11) is 0. The summed E-state index contributed by atoms with van der Waals surface area (Å²) in [6.45, 7) is 8.17. The van der Waals surface area contributed by atoms with E-state index in [0.29, 0.717) is 5.92 Å². The second-order valence-corrected chi connectivity index (χ2v) is 5.29. The molecule has 21 heavy (non-hydrogen) atoms. The molecule has 1 fully saturated rings. The maximum atomic E-state index is 11.9. The van der Waals surface area contributed by atoms with Crippen molar-refractivity contribution < 1.29 is 14.7 Å². The first-order valence-corrected chi connectivity index (χ1v) is 7.34. The summed E-state index contributed by atoms with van der Waals surface area (Å²) in [6.07, 6.45) is 4.22. The average Bonchev–Trinajstić information content (AvgIpc) is 3.06. The number of aromatic nitrogens is 1. The lowest BCUT2D eigenvalue weighted by atomic mass is 10.1. The van der Waals surface area contributed by atoms with E-state index in [-0.39, 0.29) is 12.4 Å². The zero-order valence-electron chi connectivity index (χ0n) is 12.8. The van der Waals surface area contributed by atoms with E-state index in [9.17, 15) is 4.79 Å². The molecule has 1 aliphatic rings. The molecule has 1 saturated heterocycles. The van der Waals surface area contributed by atoms with Gasteiger partial charge >= 0.3 is 0 Å². The Morgan fingerprint density at radius 2 is 2.33 bits per heavy atom. The van der Waals surface area contributed by atoms with Crippen LogP contribution in [0.4, 0.5) is 0 Å². The van der Waals surface area contributed by atoms with E-state index in [0.717, 1.165) is 24.3 Å². The standard InChI is InChI=1S/C14H23N3O.CH2O2/c1-3-7-17-8-5-12(10-17)9-16-14(18)13-4-6-15-11(13)2;2-1-3/h4,6,12,15H,3,5,7-10H2,1-2H3,(H,16,18);1H,(H,2,3). The minimum absolute atomic E-state index is 0.0442. The Kier molecular flexibility index (Phi) is 7.53. The van der Waals surface area contributed by atoms with Gasteiger partial charge in [0, 0.05) is 25.0 Å². The molecule has 1 amide bonds. The Hall–Kier alpha value is -1.82. The summed E-state index contributed by atoms with van der Waals surface area (Å²) < 4.78 is 0. The summed E-state index contributed by atoms with van der Waals surface area (Å²) in [5.74, 6) is 0.655. The number of nitrogens with zero attached hydrogens (tertiary/aromatic N) is 1. The van der Waals surface area contributed by atoms with Gasteiger partial charge in [0.15, 0.2) is 0 Å². The molecule has 0 aliphatic carbocycles. The number of carbonyl (C=O) groups excluding carboxylic acids is 1. The minimum atomic E-state index is -0.250. The fourth-order valence-corrected chi connectivity index (χ4v) is 2.63. The SMILES string of the molecule is CCCN1CCC(CNC(=O)c2cc[nH]c2C)C1.O=CO. The van der Waals surface area contributed by atoms with Gasteiger partial charge in [0.1, 0.15) is 0 Å². The molecule has 1 atom stereocenters. The largest absolute Gasteiger partial charge is 0.483 e. The highest BCUT2D eigenvalue weighted by Crippen LogP contribution is 2.15. The van der Waals surface area contributed by atoms with Gasteiger partial charge in [0.2, 0.25) is 0 Å². The molecule has 1 unspecified atom stereocenters. The van der Waals surface area contributed by atoms with Crippen molar-refractivity contribution in [2.75, 3.05) is 26.2 Å². The fraction of sp³-hybridized carbons (Fsp3) is 0.600. The van der Waals surface area contributed by atoms with Crippen molar-refractivity contribution in [2.45, 2.75) is 26.7 Å². The number of carbonyl (C=O) groups is 2. The van der Waals surface area contributed by atoms with Crippen molar-refractivity contribution in [3.8, 4) is 0 Å². The highest BCUT2D eigenvalue weighted by atomic mass is 16.3. The Balaban J connectivity index is 0.000000677. The molecule has 118 valence electrons. The van der Waals surface area contributed by atoms with Crippen LogP contribution in [0.5, 0.6) is 0 Å². The van der Waals surface area contributed by atoms with Gasteiger partial charge in [-0.3, -0.25) is 9.59 Å². The number of rotatable bonds is 5. The minimum Gasteiger partial charge on any atom is -0.483 e. The summed E-state index contributed by atoms with van der Waals surface area (Å²) in [6, 6.07) is 1.84. The first kappa shape index (κ1) is 17.2.